The van der Waals surface area contributed by atoms with Gasteiger partial charge in [-0.15, -0.1) is 0 Å². The van der Waals surface area contributed by atoms with E-state index in [9.17, 15) is 9.18 Å². The van der Waals surface area contributed by atoms with Crippen LogP contribution in [-0.2, 0) is 17.8 Å². The maximum atomic E-state index is 13.0. The lowest BCUT2D eigenvalue weighted by Gasteiger charge is -2.17. The molecule has 0 aliphatic heterocycles. The fourth-order valence-corrected chi connectivity index (χ4v) is 2.63. The predicted octanol–water partition coefficient (Wildman–Crippen LogP) is 4.38. The summed E-state index contributed by atoms with van der Waals surface area (Å²) in [6.07, 6.45) is 2.35. The monoisotopic (exact) mass is 352 g/mol. The Morgan fingerprint density at radius 2 is 1.81 bits per heavy atom. The van der Waals surface area contributed by atoms with Gasteiger partial charge in [-0.1, -0.05) is 29.8 Å². The number of halogens is 1. The van der Waals surface area contributed by atoms with Gasteiger partial charge in [0.25, 0.3) is 0 Å². The van der Waals surface area contributed by atoms with Gasteiger partial charge in [0.1, 0.15) is 5.82 Å². The van der Waals surface area contributed by atoms with Crippen LogP contribution in [0, 0.1) is 12.7 Å². The van der Waals surface area contributed by atoms with Crippen LogP contribution < -0.4 is 0 Å². The highest BCUT2D eigenvalue weighted by Crippen LogP contribution is 2.21. The van der Waals surface area contributed by atoms with Gasteiger partial charge in [0.15, 0.2) is 11.7 Å². The average Bonchev–Trinajstić information content (AvgIpc) is 3.11. The molecule has 3 rings (SSSR count). The van der Waals surface area contributed by atoms with Crippen molar-refractivity contribution >= 4 is 5.91 Å². The summed E-state index contributed by atoms with van der Waals surface area (Å²) < 4.78 is 18.6. The molecule has 0 bridgehead atoms. The second-order valence-corrected chi connectivity index (χ2v) is 6.36. The Morgan fingerprint density at radius 3 is 2.50 bits per heavy atom. The van der Waals surface area contributed by atoms with Crippen molar-refractivity contribution in [3.63, 3.8) is 0 Å². The van der Waals surface area contributed by atoms with Crippen LogP contribution in [0.5, 0.6) is 0 Å². The van der Waals surface area contributed by atoms with Crippen LogP contribution in [-0.4, -0.2) is 22.8 Å². The van der Waals surface area contributed by atoms with Crippen molar-refractivity contribution in [2.45, 2.75) is 26.3 Å². The van der Waals surface area contributed by atoms with Crippen molar-refractivity contribution in [1.29, 1.82) is 0 Å². The van der Waals surface area contributed by atoms with Crippen molar-refractivity contribution in [2.75, 3.05) is 7.05 Å². The van der Waals surface area contributed by atoms with Crippen LogP contribution in [0.25, 0.3) is 11.3 Å². The topological polar surface area (TPSA) is 46.3 Å². The van der Waals surface area contributed by atoms with E-state index in [1.807, 2.05) is 31.2 Å². The number of carbonyl (C=O) groups excluding carboxylic acids is 1. The molecule has 0 fully saturated rings. The number of nitrogens with zero attached hydrogens (tertiary/aromatic N) is 2. The highest BCUT2D eigenvalue weighted by molar-refractivity contribution is 5.76. The van der Waals surface area contributed by atoms with E-state index >= 15 is 0 Å². The number of aromatic nitrogens is 1. The lowest BCUT2D eigenvalue weighted by atomic mass is 10.1. The summed E-state index contributed by atoms with van der Waals surface area (Å²) in [6, 6.07) is 14.2. The molecule has 0 radical (unpaired) electrons. The number of amides is 1. The molecule has 0 spiro atoms. The van der Waals surface area contributed by atoms with Crippen molar-refractivity contribution in [3.8, 4) is 11.3 Å². The zero-order chi connectivity index (χ0) is 18.5. The molecule has 2 aromatic carbocycles. The second-order valence-electron chi connectivity index (χ2n) is 6.36. The Labute approximate surface area is 152 Å². The zero-order valence-electron chi connectivity index (χ0n) is 14.9. The summed E-state index contributed by atoms with van der Waals surface area (Å²) in [7, 11) is 1.79. The normalized spacial score (nSPS) is 10.7. The summed E-state index contributed by atoms with van der Waals surface area (Å²) in [5, 5.41) is 0. The minimum Gasteiger partial charge on any atom is -0.441 e. The molecule has 0 unspecified atom stereocenters. The Morgan fingerprint density at radius 1 is 1.12 bits per heavy atom. The highest BCUT2D eigenvalue weighted by atomic mass is 19.1. The minimum absolute atomic E-state index is 0.0344. The first kappa shape index (κ1) is 17.9. The smallest absolute Gasteiger partial charge is 0.223 e. The van der Waals surface area contributed by atoms with E-state index in [2.05, 4.69) is 4.98 Å². The SMILES string of the molecule is Cc1ccc(CN(C)C(=O)CCc2ncc(-c3ccc(F)cc3)o2)cc1. The molecule has 0 saturated carbocycles. The van der Waals surface area contributed by atoms with Gasteiger partial charge in [0.05, 0.1) is 6.20 Å². The number of rotatable bonds is 6. The third-order valence-corrected chi connectivity index (χ3v) is 4.20. The molecule has 0 atom stereocenters. The van der Waals surface area contributed by atoms with Crippen LogP contribution >= 0.6 is 0 Å². The van der Waals surface area contributed by atoms with Crippen LogP contribution in [0.1, 0.15) is 23.4 Å². The molecule has 5 heteroatoms. The van der Waals surface area contributed by atoms with E-state index in [1.54, 1.807) is 30.3 Å². The van der Waals surface area contributed by atoms with Gasteiger partial charge in [-0.05, 0) is 36.8 Å². The molecule has 1 aromatic heterocycles. The summed E-state index contributed by atoms with van der Waals surface area (Å²) in [5.74, 6) is 0.810. The predicted molar refractivity (Wildman–Crippen MR) is 97.9 cm³/mol. The third-order valence-electron chi connectivity index (χ3n) is 4.20. The maximum absolute atomic E-state index is 13.0. The van der Waals surface area contributed by atoms with Crippen LogP contribution in [0.4, 0.5) is 4.39 Å². The Balaban J connectivity index is 1.54. The molecular formula is C21H21FN2O2. The number of aryl methyl sites for hydroxylation is 2. The number of oxazole rings is 1. The summed E-state index contributed by atoms with van der Waals surface area (Å²) >= 11 is 0. The molecule has 134 valence electrons. The first-order valence-electron chi connectivity index (χ1n) is 8.51. The van der Waals surface area contributed by atoms with Crippen LogP contribution in [0.15, 0.2) is 59.1 Å². The maximum Gasteiger partial charge on any atom is 0.223 e. The third kappa shape index (κ3) is 4.57. The number of benzene rings is 2. The van der Waals surface area contributed by atoms with Crippen molar-refractivity contribution < 1.29 is 13.6 Å². The summed E-state index contributed by atoms with van der Waals surface area (Å²) in [6.45, 7) is 2.61. The van der Waals surface area contributed by atoms with Gasteiger partial charge in [-0.2, -0.15) is 0 Å². The first-order valence-corrected chi connectivity index (χ1v) is 8.51. The lowest BCUT2D eigenvalue weighted by molar-refractivity contribution is -0.130. The van der Waals surface area contributed by atoms with E-state index in [1.165, 1.54) is 17.7 Å². The minimum atomic E-state index is -0.296. The average molecular weight is 352 g/mol. The molecular weight excluding hydrogens is 331 g/mol. The Hall–Kier alpha value is -2.95. The molecule has 3 aromatic rings. The number of hydrogen-bond donors (Lipinski definition) is 0. The van der Waals surface area contributed by atoms with Crippen molar-refractivity contribution in [3.05, 3.63) is 77.6 Å². The highest BCUT2D eigenvalue weighted by Gasteiger charge is 2.12. The van der Waals surface area contributed by atoms with Crippen molar-refractivity contribution in [2.24, 2.45) is 0 Å². The first-order chi connectivity index (χ1) is 12.5. The van der Waals surface area contributed by atoms with Crippen LogP contribution in [0.3, 0.4) is 0 Å². The molecule has 0 saturated heterocycles. The lowest BCUT2D eigenvalue weighted by Crippen LogP contribution is -2.26. The van der Waals surface area contributed by atoms with Crippen LogP contribution in [0.2, 0.25) is 0 Å². The number of hydrogen-bond acceptors (Lipinski definition) is 3. The van der Waals surface area contributed by atoms with E-state index in [4.69, 9.17) is 4.42 Å². The van der Waals surface area contributed by atoms with E-state index < -0.39 is 0 Å². The Bertz CT molecular complexity index is 870. The van der Waals surface area contributed by atoms with Gasteiger partial charge in [-0.3, -0.25) is 4.79 Å². The van der Waals surface area contributed by atoms with E-state index in [0.717, 1.165) is 11.1 Å². The summed E-state index contributed by atoms with van der Waals surface area (Å²) in [4.78, 5) is 18.2. The number of carbonyl (C=O) groups is 1. The molecule has 1 amide bonds. The fourth-order valence-electron chi connectivity index (χ4n) is 2.63. The van der Waals surface area contributed by atoms with Gasteiger partial charge in [0.2, 0.25) is 5.91 Å². The van der Waals surface area contributed by atoms with Gasteiger partial charge < -0.3 is 9.32 Å². The van der Waals surface area contributed by atoms with Gasteiger partial charge in [-0.25, -0.2) is 9.37 Å². The fraction of sp³-hybridized carbons (Fsp3) is 0.238. The largest absolute Gasteiger partial charge is 0.441 e. The van der Waals surface area contributed by atoms with Gasteiger partial charge >= 0.3 is 0 Å². The Kier molecular flexibility index (Phi) is 5.46. The molecule has 4 nitrogen and oxygen atoms in total. The van der Waals surface area contributed by atoms with Crippen molar-refractivity contribution in [1.82, 2.24) is 9.88 Å². The molecule has 1 heterocycles. The molecule has 0 N–H and O–H groups in total. The van der Waals surface area contributed by atoms with E-state index in [0.29, 0.717) is 31.0 Å². The molecule has 0 aliphatic rings. The quantitative estimate of drug-likeness (QED) is 0.661. The molecule has 26 heavy (non-hydrogen) atoms. The second kappa shape index (κ2) is 7.95. The summed E-state index contributed by atoms with van der Waals surface area (Å²) in [5.41, 5.74) is 3.05. The van der Waals surface area contributed by atoms with E-state index in [-0.39, 0.29) is 11.7 Å². The molecule has 0 aliphatic carbocycles. The standard InChI is InChI=1S/C21H21FN2O2/c1-15-3-5-16(6-4-15)14-24(2)21(25)12-11-20-23-13-19(26-20)17-7-9-18(22)10-8-17/h3-10,13H,11-12,14H2,1-2H3. The van der Waals surface area contributed by atoms with Gasteiger partial charge in [0, 0.05) is 32.0 Å². The zero-order valence-corrected chi connectivity index (χ0v) is 14.9.